The van der Waals surface area contributed by atoms with Crippen molar-refractivity contribution in [3.8, 4) is 5.75 Å². The summed E-state index contributed by atoms with van der Waals surface area (Å²) in [6.07, 6.45) is 1.52. The van der Waals surface area contributed by atoms with Gasteiger partial charge in [-0.1, -0.05) is 6.92 Å². The highest BCUT2D eigenvalue weighted by atomic mass is 32.2. The molecule has 1 amide bonds. The number of methoxy groups -OCH3 is 1. The van der Waals surface area contributed by atoms with Crippen LogP contribution in [0.1, 0.15) is 19.8 Å². The maximum atomic E-state index is 12.5. The quantitative estimate of drug-likeness (QED) is 0.801. The molecule has 3 rings (SSSR count). The molecule has 0 radical (unpaired) electrons. The lowest BCUT2D eigenvalue weighted by Crippen LogP contribution is -2.31. The van der Waals surface area contributed by atoms with Gasteiger partial charge in [-0.15, -0.1) is 0 Å². The van der Waals surface area contributed by atoms with Crippen LogP contribution in [0.3, 0.4) is 0 Å². The van der Waals surface area contributed by atoms with Crippen molar-refractivity contribution in [2.45, 2.75) is 30.7 Å². The Labute approximate surface area is 140 Å². The molecule has 0 aromatic heterocycles. The molecule has 10 heteroatoms. The van der Waals surface area contributed by atoms with Crippen molar-refractivity contribution in [3.63, 3.8) is 0 Å². The summed E-state index contributed by atoms with van der Waals surface area (Å²) in [5, 5.41) is 0. The molecule has 2 fully saturated rings. The zero-order valence-corrected chi connectivity index (χ0v) is 14.9. The third-order valence-electron chi connectivity index (χ3n) is 3.93. The average molecular weight is 374 g/mol. The molecule has 1 heterocycles. The van der Waals surface area contributed by atoms with Gasteiger partial charge in [-0.2, -0.15) is 0 Å². The van der Waals surface area contributed by atoms with E-state index in [1.165, 1.54) is 26.2 Å². The Morgan fingerprint density at radius 3 is 2.46 bits per heavy atom. The Morgan fingerprint density at radius 1 is 1.29 bits per heavy atom. The molecular formula is C14H18N2O6S2. The third-order valence-corrected chi connectivity index (χ3v) is 7.34. The van der Waals surface area contributed by atoms with Crippen molar-refractivity contribution in [1.29, 1.82) is 0 Å². The number of ether oxygens (including phenoxy) is 1. The van der Waals surface area contributed by atoms with Gasteiger partial charge in [-0.05, 0) is 31.0 Å². The van der Waals surface area contributed by atoms with Crippen molar-refractivity contribution in [1.82, 2.24) is 4.72 Å². The Morgan fingerprint density at radius 2 is 1.96 bits per heavy atom. The normalized spacial score (nSPS) is 23.5. The standard InChI is InChI=1S/C14H18N2O6S2/c1-9-8-23(18,19)16(14(9)17)11-5-6-12(22-2)13(7-11)24(20,21)15-10-3-4-10/h5-7,9-10,15H,3-4,8H2,1-2H3. The SMILES string of the molecule is COc1ccc(N2C(=O)C(C)CS2(=O)=O)cc1S(=O)(=O)NC1CC1. The summed E-state index contributed by atoms with van der Waals surface area (Å²) >= 11 is 0. The van der Waals surface area contributed by atoms with Gasteiger partial charge in [-0.3, -0.25) is 4.79 Å². The number of carbonyl (C=O) groups is 1. The molecule has 1 aromatic rings. The molecule has 0 spiro atoms. The number of carbonyl (C=O) groups excluding carboxylic acids is 1. The van der Waals surface area contributed by atoms with Crippen LogP contribution in [0.2, 0.25) is 0 Å². The van der Waals surface area contributed by atoms with E-state index in [-0.39, 0.29) is 28.1 Å². The minimum absolute atomic E-state index is 0.00122. The van der Waals surface area contributed by atoms with Crippen LogP contribution in [-0.2, 0) is 24.8 Å². The van der Waals surface area contributed by atoms with Crippen LogP contribution in [0.25, 0.3) is 0 Å². The number of hydrogen-bond donors (Lipinski definition) is 1. The van der Waals surface area contributed by atoms with Gasteiger partial charge in [0.05, 0.1) is 24.5 Å². The zero-order valence-electron chi connectivity index (χ0n) is 13.2. The highest BCUT2D eigenvalue weighted by molar-refractivity contribution is 7.94. The number of rotatable bonds is 5. The van der Waals surface area contributed by atoms with Crippen LogP contribution in [0.4, 0.5) is 5.69 Å². The topological polar surface area (TPSA) is 110 Å². The van der Waals surface area contributed by atoms with Gasteiger partial charge in [0, 0.05) is 6.04 Å². The van der Waals surface area contributed by atoms with Gasteiger partial charge in [0.2, 0.25) is 26.0 Å². The molecule has 1 atom stereocenters. The summed E-state index contributed by atoms with van der Waals surface area (Å²) < 4.78 is 57.6. The number of hydrogen-bond acceptors (Lipinski definition) is 6. The van der Waals surface area contributed by atoms with Gasteiger partial charge in [-0.25, -0.2) is 25.9 Å². The maximum absolute atomic E-state index is 12.5. The van der Waals surface area contributed by atoms with Crippen LogP contribution in [0.15, 0.2) is 23.1 Å². The third kappa shape index (κ3) is 3.01. The van der Waals surface area contributed by atoms with Crippen LogP contribution in [0.5, 0.6) is 5.75 Å². The van der Waals surface area contributed by atoms with Crippen LogP contribution >= 0.6 is 0 Å². The number of nitrogens with zero attached hydrogens (tertiary/aromatic N) is 1. The molecule has 1 unspecified atom stereocenters. The predicted octanol–water partition coefficient (Wildman–Crippen LogP) is 0.448. The van der Waals surface area contributed by atoms with Crippen molar-refractivity contribution in [3.05, 3.63) is 18.2 Å². The monoisotopic (exact) mass is 374 g/mol. The van der Waals surface area contributed by atoms with Gasteiger partial charge < -0.3 is 4.74 Å². The Balaban J connectivity index is 2.08. The van der Waals surface area contributed by atoms with Crippen LogP contribution in [0, 0.1) is 5.92 Å². The predicted molar refractivity (Wildman–Crippen MR) is 86.8 cm³/mol. The maximum Gasteiger partial charge on any atom is 0.244 e. The lowest BCUT2D eigenvalue weighted by Gasteiger charge is -2.18. The van der Waals surface area contributed by atoms with Crippen LogP contribution < -0.4 is 13.8 Å². The number of amides is 1. The fourth-order valence-electron chi connectivity index (χ4n) is 2.57. The number of anilines is 1. The van der Waals surface area contributed by atoms with Gasteiger partial charge in [0.15, 0.2) is 0 Å². The summed E-state index contributed by atoms with van der Waals surface area (Å²) in [4.78, 5) is 12.0. The second kappa shape index (κ2) is 5.71. The van der Waals surface area contributed by atoms with Crippen molar-refractivity contribution in [2.24, 2.45) is 5.92 Å². The van der Waals surface area contributed by atoms with E-state index in [1.54, 1.807) is 0 Å². The Hall–Kier alpha value is -1.65. The first-order chi connectivity index (χ1) is 11.2. The molecule has 1 saturated carbocycles. The summed E-state index contributed by atoms with van der Waals surface area (Å²) in [6, 6.07) is 3.77. The summed E-state index contributed by atoms with van der Waals surface area (Å²) in [6.45, 7) is 1.52. The van der Waals surface area contributed by atoms with Gasteiger partial charge >= 0.3 is 0 Å². The Kier molecular flexibility index (Phi) is 4.09. The zero-order chi connectivity index (χ0) is 17.7. The molecule has 1 aliphatic heterocycles. The van der Waals surface area contributed by atoms with E-state index >= 15 is 0 Å². The lowest BCUT2D eigenvalue weighted by molar-refractivity contribution is -0.119. The second-order valence-corrected chi connectivity index (χ2v) is 9.56. The van der Waals surface area contributed by atoms with E-state index in [2.05, 4.69) is 4.72 Å². The highest BCUT2D eigenvalue weighted by Gasteiger charge is 2.42. The van der Waals surface area contributed by atoms with Crippen molar-refractivity contribution < 1.29 is 26.4 Å². The molecule has 1 aliphatic carbocycles. The van der Waals surface area contributed by atoms with Crippen molar-refractivity contribution in [2.75, 3.05) is 17.2 Å². The molecule has 8 nitrogen and oxygen atoms in total. The first-order valence-corrected chi connectivity index (χ1v) is 10.5. The molecule has 24 heavy (non-hydrogen) atoms. The Bertz CT molecular complexity index is 890. The molecule has 2 aliphatic rings. The summed E-state index contributed by atoms with van der Waals surface area (Å²) in [5.41, 5.74) is 0.00122. The lowest BCUT2D eigenvalue weighted by atomic mass is 10.2. The fraction of sp³-hybridized carbons (Fsp3) is 0.500. The fourth-order valence-corrected chi connectivity index (χ4v) is 5.88. The summed E-state index contributed by atoms with van der Waals surface area (Å²) in [5.74, 6) is -1.44. The van der Waals surface area contributed by atoms with E-state index in [0.717, 1.165) is 18.9 Å². The van der Waals surface area contributed by atoms with E-state index in [4.69, 9.17) is 4.74 Å². The molecule has 1 N–H and O–H groups in total. The van der Waals surface area contributed by atoms with Gasteiger partial charge in [0.1, 0.15) is 10.6 Å². The molecule has 0 bridgehead atoms. The minimum atomic E-state index is -3.87. The first kappa shape index (κ1) is 17.2. The van der Waals surface area contributed by atoms with Gasteiger partial charge in [0.25, 0.3) is 0 Å². The van der Waals surface area contributed by atoms with Crippen LogP contribution in [-0.4, -0.2) is 41.6 Å². The molecular weight excluding hydrogens is 356 g/mol. The number of benzene rings is 1. The van der Waals surface area contributed by atoms with E-state index in [9.17, 15) is 21.6 Å². The van der Waals surface area contributed by atoms with E-state index in [0.29, 0.717) is 4.31 Å². The molecule has 1 saturated heterocycles. The number of nitrogens with one attached hydrogen (secondary N) is 1. The second-order valence-electron chi connectivity index (χ2n) is 6.01. The molecule has 1 aromatic carbocycles. The largest absolute Gasteiger partial charge is 0.495 e. The smallest absolute Gasteiger partial charge is 0.244 e. The van der Waals surface area contributed by atoms with E-state index in [1.807, 2.05) is 0 Å². The van der Waals surface area contributed by atoms with Crippen molar-refractivity contribution >= 4 is 31.6 Å². The average Bonchev–Trinajstić information content (AvgIpc) is 3.25. The first-order valence-electron chi connectivity index (χ1n) is 7.43. The van der Waals surface area contributed by atoms with E-state index < -0.39 is 31.9 Å². The highest BCUT2D eigenvalue weighted by Crippen LogP contribution is 2.34. The number of sulfonamides is 2. The molecule has 132 valence electrons. The summed E-state index contributed by atoms with van der Waals surface area (Å²) in [7, 11) is -6.35. The minimum Gasteiger partial charge on any atom is -0.495 e.